The highest BCUT2D eigenvalue weighted by Gasteiger charge is 2.31. The topological polar surface area (TPSA) is 45.7 Å². The minimum Gasteiger partial charge on any atom is -0.444 e. The monoisotopic (exact) mass is 291 g/mol. The van der Waals surface area contributed by atoms with E-state index in [1.807, 2.05) is 46.9 Å². The number of anilines is 1. The average Bonchev–Trinajstić information content (AvgIpc) is 2.37. The first-order valence-corrected chi connectivity index (χ1v) is 7.43. The lowest BCUT2D eigenvalue weighted by Gasteiger charge is -2.40. The molecule has 5 heteroatoms. The molecule has 1 aromatic rings. The van der Waals surface area contributed by atoms with Gasteiger partial charge >= 0.3 is 6.09 Å². The van der Waals surface area contributed by atoms with Crippen LogP contribution in [0, 0.1) is 6.92 Å². The Morgan fingerprint density at radius 3 is 2.57 bits per heavy atom. The van der Waals surface area contributed by atoms with Crippen molar-refractivity contribution in [1.82, 2.24) is 9.88 Å². The number of carbonyl (C=O) groups is 1. The average molecular weight is 291 g/mol. The van der Waals surface area contributed by atoms with Crippen molar-refractivity contribution in [2.24, 2.45) is 0 Å². The Labute approximate surface area is 126 Å². The highest BCUT2D eigenvalue weighted by atomic mass is 16.6. The van der Waals surface area contributed by atoms with Crippen LogP contribution in [0.4, 0.5) is 10.6 Å². The van der Waals surface area contributed by atoms with E-state index in [0.717, 1.165) is 24.5 Å². The number of pyridine rings is 1. The van der Waals surface area contributed by atoms with E-state index in [9.17, 15) is 4.79 Å². The maximum Gasteiger partial charge on any atom is 0.410 e. The Hall–Kier alpha value is -1.78. The molecule has 0 unspecified atom stereocenters. The minimum absolute atomic E-state index is 0.108. The minimum atomic E-state index is -0.452. The summed E-state index contributed by atoms with van der Waals surface area (Å²) in [7, 11) is 0. The number of hydrogen-bond acceptors (Lipinski definition) is 4. The van der Waals surface area contributed by atoms with Gasteiger partial charge in [0, 0.05) is 31.9 Å². The number of ether oxygens (including phenoxy) is 1. The molecule has 1 amide bonds. The zero-order valence-corrected chi connectivity index (χ0v) is 13.6. The molecule has 2 heterocycles. The van der Waals surface area contributed by atoms with Gasteiger partial charge in [-0.25, -0.2) is 9.78 Å². The van der Waals surface area contributed by atoms with Crippen LogP contribution in [0.3, 0.4) is 0 Å². The van der Waals surface area contributed by atoms with Gasteiger partial charge in [0.25, 0.3) is 0 Å². The van der Waals surface area contributed by atoms with Gasteiger partial charge in [0.05, 0.1) is 0 Å². The molecule has 0 aromatic carbocycles. The van der Waals surface area contributed by atoms with Crippen LogP contribution in [0.5, 0.6) is 0 Å². The van der Waals surface area contributed by atoms with Crippen LogP contribution in [0.25, 0.3) is 0 Å². The summed E-state index contributed by atoms with van der Waals surface area (Å²) in [5.41, 5.74) is 0.700. The van der Waals surface area contributed by atoms with Crippen molar-refractivity contribution < 1.29 is 9.53 Å². The molecule has 21 heavy (non-hydrogen) atoms. The molecule has 1 aliphatic heterocycles. The second kappa shape index (κ2) is 5.92. The quantitative estimate of drug-likeness (QED) is 0.798. The van der Waals surface area contributed by atoms with Gasteiger partial charge in [-0.15, -0.1) is 0 Å². The Morgan fingerprint density at radius 2 is 2.05 bits per heavy atom. The van der Waals surface area contributed by atoms with E-state index < -0.39 is 5.60 Å². The predicted octanol–water partition coefficient (Wildman–Crippen LogP) is 2.84. The van der Waals surface area contributed by atoms with Crippen molar-refractivity contribution in [1.29, 1.82) is 0 Å². The first-order chi connectivity index (χ1) is 9.76. The largest absolute Gasteiger partial charge is 0.444 e. The van der Waals surface area contributed by atoms with Crippen molar-refractivity contribution in [3.05, 3.63) is 23.9 Å². The van der Waals surface area contributed by atoms with Gasteiger partial charge in [-0.1, -0.05) is 6.07 Å². The third kappa shape index (κ3) is 4.09. The molecule has 2 rings (SSSR count). The summed E-state index contributed by atoms with van der Waals surface area (Å²) in [6, 6.07) is 4.20. The zero-order valence-electron chi connectivity index (χ0n) is 13.6. The van der Waals surface area contributed by atoms with Crippen LogP contribution >= 0.6 is 0 Å². The maximum absolute atomic E-state index is 12.2. The second-order valence-electron chi connectivity index (χ2n) is 6.66. The molecule has 0 saturated carbocycles. The first-order valence-electron chi connectivity index (χ1n) is 7.43. The molecular formula is C16H25N3O2. The van der Waals surface area contributed by atoms with E-state index in [2.05, 4.69) is 16.0 Å². The summed E-state index contributed by atoms with van der Waals surface area (Å²) < 4.78 is 5.46. The molecule has 1 saturated heterocycles. The van der Waals surface area contributed by atoms with Crippen LogP contribution in [0.15, 0.2) is 18.3 Å². The van der Waals surface area contributed by atoms with E-state index >= 15 is 0 Å². The van der Waals surface area contributed by atoms with E-state index in [1.54, 1.807) is 4.90 Å². The Balaban J connectivity index is 1.99. The lowest BCUT2D eigenvalue weighted by atomic mass is 10.2. The standard InChI is InChI=1S/C16H25N3O2/c1-12-6-7-14(17-10-12)18-8-9-19(13(2)11-18)15(20)21-16(3,4)5/h6-7,10,13H,8-9,11H2,1-5H3/t13-/m1/s1. The summed E-state index contributed by atoms with van der Waals surface area (Å²) in [6.45, 7) is 12.0. The summed E-state index contributed by atoms with van der Waals surface area (Å²) in [5.74, 6) is 0.969. The van der Waals surface area contributed by atoms with E-state index in [4.69, 9.17) is 4.74 Å². The van der Waals surface area contributed by atoms with Gasteiger partial charge in [0.2, 0.25) is 0 Å². The molecule has 0 spiro atoms. The van der Waals surface area contributed by atoms with Gasteiger partial charge in [-0.2, -0.15) is 0 Å². The number of aryl methyl sites for hydroxylation is 1. The van der Waals surface area contributed by atoms with Crippen molar-refractivity contribution in [3.8, 4) is 0 Å². The molecule has 1 aromatic heterocycles. The first kappa shape index (κ1) is 15.6. The molecule has 1 aliphatic rings. The summed E-state index contributed by atoms with van der Waals surface area (Å²) >= 11 is 0. The number of rotatable bonds is 1. The Morgan fingerprint density at radius 1 is 1.33 bits per heavy atom. The molecule has 116 valence electrons. The highest BCUT2D eigenvalue weighted by molar-refractivity contribution is 5.69. The Bertz CT molecular complexity index is 493. The van der Waals surface area contributed by atoms with E-state index in [0.29, 0.717) is 6.54 Å². The lowest BCUT2D eigenvalue weighted by Crippen LogP contribution is -2.55. The zero-order chi connectivity index (χ0) is 15.6. The smallest absolute Gasteiger partial charge is 0.410 e. The van der Waals surface area contributed by atoms with Crippen molar-refractivity contribution in [2.75, 3.05) is 24.5 Å². The molecule has 0 aliphatic carbocycles. The third-order valence-corrected chi connectivity index (χ3v) is 3.48. The van der Waals surface area contributed by atoms with Gasteiger partial charge in [0.15, 0.2) is 0 Å². The molecule has 5 nitrogen and oxygen atoms in total. The fourth-order valence-electron chi connectivity index (χ4n) is 2.40. The number of hydrogen-bond donors (Lipinski definition) is 0. The fraction of sp³-hybridized carbons (Fsp3) is 0.625. The van der Waals surface area contributed by atoms with Crippen LogP contribution < -0.4 is 4.90 Å². The number of carbonyl (C=O) groups excluding carboxylic acids is 1. The van der Waals surface area contributed by atoms with Crippen LogP contribution in [-0.4, -0.2) is 47.3 Å². The number of nitrogens with zero attached hydrogens (tertiary/aromatic N) is 3. The van der Waals surface area contributed by atoms with Crippen LogP contribution in [0.2, 0.25) is 0 Å². The third-order valence-electron chi connectivity index (χ3n) is 3.48. The lowest BCUT2D eigenvalue weighted by molar-refractivity contribution is 0.0158. The number of piperazine rings is 1. The van der Waals surface area contributed by atoms with Gasteiger partial charge in [-0.05, 0) is 46.2 Å². The second-order valence-corrected chi connectivity index (χ2v) is 6.66. The highest BCUT2D eigenvalue weighted by Crippen LogP contribution is 2.19. The van der Waals surface area contributed by atoms with Gasteiger partial charge in [-0.3, -0.25) is 0 Å². The fourth-order valence-corrected chi connectivity index (χ4v) is 2.40. The normalized spacial score (nSPS) is 19.6. The molecule has 1 atom stereocenters. The van der Waals surface area contributed by atoms with Crippen molar-refractivity contribution >= 4 is 11.9 Å². The Kier molecular flexibility index (Phi) is 4.40. The summed E-state index contributed by atoms with van der Waals surface area (Å²) in [6.07, 6.45) is 1.65. The van der Waals surface area contributed by atoms with Crippen molar-refractivity contribution in [2.45, 2.75) is 46.3 Å². The summed E-state index contributed by atoms with van der Waals surface area (Å²) in [4.78, 5) is 20.7. The molecule has 0 bridgehead atoms. The van der Waals surface area contributed by atoms with Crippen molar-refractivity contribution in [3.63, 3.8) is 0 Å². The predicted molar refractivity (Wildman–Crippen MR) is 83.6 cm³/mol. The SMILES string of the molecule is Cc1ccc(N2CCN(C(=O)OC(C)(C)C)[C@H](C)C2)nc1. The maximum atomic E-state index is 12.2. The number of amides is 1. The molecule has 0 radical (unpaired) electrons. The molecule has 0 N–H and O–H groups in total. The van der Waals surface area contributed by atoms with Gasteiger partial charge < -0.3 is 14.5 Å². The summed E-state index contributed by atoms with van der Waals surface area (Å²) in [5, 5.41) is 0. The van der Waals surface area contributed by atoms with E-state index in [-0.39, 0.29) is 12.1 Å². The molecular weight excluding hydrogens is 266 g/mol. The molecule has 1 fully saturated rings. The van der Waals surface area contributed by atoms with E-state index in [1.165, 1.54) is 0 Å². The number of aromatic nitrogens is 1. The van der Waals surface area contributed by atoms with Crippen LogP contribution in [-0.2, 0) is 4.74 Å². The van der Waals surface area contributed by atoms with Gasteiger partial charge in [0.1, 0.15) is 11.4 Å². The van der Waals surface area contributed by atoms with Crippen LogP contribution in [0.1, 0.15) is 33.3 Å².